The topological polar surface area (TPSA) is 50.2 Å². The lowest BCUT2D eigenvalue weighted by atomic mass is 10.0. The molecular formula is C13H10FNO2. The summed E-state index contributed by atoms with van der Waals surface area (Å²) in [6, 6.07) is 9.47. The first-order chi connectivity index (χ1) is 8.18. The van der Waals surface area contributed by atoms with E-state index in [1.807, 2.05) is 0 Å². The number of carbonyl (C=O) groups is 1. The lowest BCUT2D eigenvalue weighted by molar-refractivity contribution is -0.136. The van der Waals surface area contributed by atoms with Gasteiger partial charge in [0.1, 0.15) is 5.82 Å². The summed E-state index contributed by atoms with van der Waals surface area (Å²) in [7, 11) is 0. The van der Waals surface area contributed by atoms with Gasteiger partial charge in [-0.1, -0.05) is 18.2 Å². The van der Waals surface area contributed by atoms with Crippen LogP contribution in [0.25, 0.3) is 11.3 Å². The predicted molar refractivity (Wildman–Crippen MR) is 61.0 cm³/mol. The molecule has 86 valence electrons. The maximum absolute atomic E-state index is 13.6. The Morgan fingerprint density at radius 3 is 2.71 bits per heavy atom. The zero-order valence-electron chi connectivity index (χ0n) is 8.93. The molecule has 0 fully saturated rings. The maximum atomic E-state index is 13.6. The van der Waals surface area contributed by atoms with E-state index in [1.54, 1.807) is 30.3 Å². The third-order valence-corrected chi connectivity index (χ3v) is 2.36. The maximum Gasteiger partial charge on any atom is 0.307 e. The second kappa shape index (κ2) is 4.74. The molecule has 0 aliphatic carbocycles. The molecule has 0 saturated heterocycles. The van der Waals surface area contributed by atoms with E-state index in [4.69, 9.17) is 5.11 Å². The third-order valence-electron chi connectivity index (χ3n) is 2.36. The Labute approximate surface area is 97.6 Å². The van der Waals surface area contributed by atoms with E-state index in [-0.39, 0.29) is 6.42 Å². The van der Waals surface area contributed by atoms with Crippen LogP contribution in [-0.4, -0.2) is 16.1 Å². The minimum atomic E-state index is -0.962. The summed E-state index contributed by atoms with van der Waals surface area (Å²) in [5.41, 5.74) is 1.21. The second-order valence-electron chi connectivity index (χ2n) is 3.56. The van der Waals surface area contributed by atoms with Gasteiger partial charge in [0, 0.05) is 11.8 Å². The minimum Gasteiger partial charge on any atom is -0.481 e. The van der Waals surface area contributed by atoms with Gasteiger partial charge in [0.05, 0.1) is 12.1 Å². The zero-order chi connectivity index (χ0) is 12.3. The average Bonchev–Trinajstić information content (AvgIpc) is 2.30. The lowest BCUT2D eigenvalue weighted by Crippen LogP contribution is -2.03. The van der Waals surface area contributed by atoms with E-state index >= 15 is 0 Å². The van der Waals surface area contributed by atoms with Gasteiger partial charge in [-0.2, -0.15) is 0 Å². The van der Waals surface area contributed by atoms with Gasteiger partial charge < -0.3 is 5.11 Å². The van der Waals surface area contributed by atoms with Crippen LogP contribution in [0.4, 0.5) is 4.39 Å². The summed E-state index contributed by atoms with van der Waals surface area (Å²) in [5, 5.41) is 8.79. The SMILES string of the molecule is O=C(O)Cc1cccnc1-c1ccccc1F. The molecule has 1 aromatic carbocycles. The van der Waals surface area contributed by atoms with Crippen LogP contribution in [0.2, 0.25) is 0 Å². The quantitative estimate of drug-likeness (QED) is 0.883. The van der Waals surface area contributed by atoms with Gasteiger partial charge in [-0.05, 0) is 23.8 Å². The predicted octanol–water partition coefficient (Wildman–Crippen LogP) is 2.51. The van der Waals surface area contributed by atoms with Crippen molar-refractivity contribution in [2.24, 2.45) is 0 Å². The third kappa shape index (κ3) is 2.47. The Bertz CT molecular complexity index is 555. The Hall–Kier alpha value is -2.23. The highest BCUT2D eigenvalue weighted by Crippen LogP contribution is 2.24. The first-order valence-electron chi connectivity index (χ1n) is 5.09. The molecule has 0 spiro atoms. The molecule has 2 aromatic rings. The Balaban J connectivity index is 2.52. The second-order valence-corrected chi connectivity index (χ2v) is 3.56. The molecule has 1 aromatic heterocycles. The molecular weight excluding hydrogens is 221 g/mol. The summed E-state index contributed by atoms with van der Waals surface area (Å²) < 4.78 is 13.6. The van der Waals surface area contributed by atoms with Crippen molar-refractivity contribution in [1.29, 1.82) is 0 Å². The van der Waals surface area contributed by atoms with Crippen molar-refractivity contribution in [3.8, 4) is 11.3 Å². The van der Waals surface area contributed by atoms with E-state index in [9.17, 15) is 9.18 Å². The normalized spacial score (nSPS) is 10.2. The number of pyridine rings is 1. The highest BCUT2D eigenvalue weighted by atomic mass is 19.1. The molecule has 0 aliphatic rings. The van der Waals surface area contributed by atoms with Gasteiger partial charge in [-0.15, -0.1) is 0 Å². The van der Waals surface area contributed by atoms with Gasteiger partial charge in [0.2, 0.25) is 0 Å². The number of aliphatic carboxylic acids is 1. The van der Waals surface area contributed by atoms with Crippen LogP contribution in [0, 0.1) is 5.82 Å². The first-order valence-corrected chi connectivity index (χ1v) is 5.09. The molecule has 0 bridgehead atoms. The van der Waals surface area contributed by atoms with Crippen LogP contribution < -0.4 is 0 Å². The van der Waals surface area contributed by atoms with Gasteiger partial charge >= 0.3 is 5.97 Å². The van der Waals surface area contributed by atoms with Gasteiger partial charge in [-0.25, -0.2) is 4.39 Å². The molecule has 17 heavy (non-hydrogen) atoms. The molecule has 4 heteroatoms. The van der Waals surface area contributed by atoms with Gasteiger partial charge in [0.15, 0.2) is 0 Å². The summed E-state index contributed by atoms with van der Waals surface area (Å²) in [6.07, 6.45) is 1.35. The fourth-order valence-electron chi connectivity index (χ4n) is 1.64. The summed E-state index contributed by atoms with van der Waals surface area (Å²) in [6.45, 7) is 0. The van der Waals surface area contributed by atoms with E-state index in [0.717, 1.165) is 0 Å². The van der Waals surface area contributed by atoms with Gasteiger partial charge in [0.25, 0.3) is 0 Å². The van der Waals surface area contributed by atoms with Crippen LogP contribution in [0.15, 0.2) is 42.6 Å². The van der Waals surface area contributed by atoms with Crippen molar-refractivity contribution in [2.75, 3.05) is 0 Å². The molecule has 0 saturated carbocycles. The van der Waals surface area contributed by atoms with Crippen LogP contribution in [0.3, 0.4) is 0 Å². The monoisotopic (exact) mass is 231 g/mol. The summed E-state index contributed by atoms with van der Waals surface area (Å²) in [4.78, 5) is 14.8. The van der Waals surface area contributed by atoms with Crippen LogP contribution >= 0.6 is 0 Å². The molecule has 2 rings (SSSR count). The number of hydrogen-bond donors (Lipinski definition) is 1. The molecule has 3 nitrogen and oxygen atoms in total. The minimum absolute atomic E-state index is 0.169. The summed E-state index contributed by atoms with van der Waals surface area (Å²) in [5.74, 6) is -1.37. The Kier molecular flexibility index (Phi) is 3.14. The number of aromatic nitrogens is 1. The molecule has 0 aliphatic heterocycles. The highest BCUT2D eigenvalue weighted by molar-refractivity contribution is 5.75. The zero-order valence-corrected chi connectivity index (χ0v) is 8.93. The van der Waals surface area contributed by atoms with Crippen molar-refractivity contribution >= 4 is 5.97 Å². The smallest absolute Gasteiger partial charge is 0.307 e. The number of benzene rings is 1. The molecule has 0 unspecified atom stereocenters. The van der Waals surface area contributed by atoms with Crippen molar-refractivity contribution in [3.63, 3.8) is 0 Å². The standard InChI is InChI=1S/C13H10FNO2/c14-11-6-2-1-5-10(11)13-9(8-12(16)17)4-3-7-15-13/h1-7H,8H2,(H,16,17). The van der Waals surface area contributed by atoms with E-state index in [1.165, 1.54) is 12.3 Å². The highest BCUT2D eigenvalue weighted by Gasteiger charge is 2.12. The van der Waals surface area contributed by atoms with Crippen molar-refractivity contribution in [3.05, 3.63) is 54.0 Å². The molecule has 0 radical (unpaired) electrons. The molecule has 0 atom stereocenters. The molecule has 1 N–H and O–H groups in total. The number of carboxylic acid groups (broad SMARTS) is 1. The molecule has 0 amide bonds. The number of rotatable bonds is 3. The van der Waals surface area contributed by atoms with Crippen molar-refractivity contribution < 1.29 is 14.3 Å². The lowest BCUT2D eigenvalue weighted by Gasteiger charge is -2.07. The number of nitrogens with zero attached hydrogens (tertiary/aromatic N) is 1. The number of halogens is 1. The fraction of sp³-hybridized carbons (Fsp3) is 0.0769. The Morgan fingerprint density at radius 1 is 1.24 bits per heavy atom. The average molecular weight is 231 g/mol. The van der Waals surface area contributed by atoms with E-state index in [2.05, 4.69) is 4.98 Å². The largest absolute Gasteiger partial charge is 0.481 e. The van der Waals surface area contributed by atoms with Crippen LogP contribution in [0.5, 0.6) is 0 Å². The van der Waals surface area contributed by atoms with E-state index in [0.29, 0.717) is 16.8 Å². The van der Waals surface area contributed by atoms with E-state index < -0.39 is 11.8 Å². The first kappa shape index (κ1) is 11.3. The van der Waals surface area contributed by atoms with Crippen LogP contribution in [0.1, 0.15) is 5.56 Å². The number of hydrogen-bond acceptors (Lipinski definition) is 2. The van der Waals surface area contributed by atoms with Crippen molar-refractivity contribution in [2.45, 2.75) is 6.42 Å². The van der Waals surface area contributed by atoms with Crippen LogP contribution in [-0.2, 0) is 11.2 Å². The fourth-order valence-corrected chi connectivity index (χ4v) is 1.64. The van der Waals surface area contributed by atoms with Crippen molar-refractivity contribution in [1.82, 2.24) is 4.98 Å². The summed E-state index contributed by atoms with van der Waals surface area (Å²) >= 11 is 0. The Morgan fingerprint density at radius 2 is 2.00 bits per heavy atom. The number of carboxylic acids is 1. The molecule has 1 heterocycles. The van der Waals surface area contributed by atoms with Gasteiger partial charge in [-0.3, -0.25) is 9.78 Å².